The molecule has 0 radical (unpaired) electrons. The van der Waals surface area contributed by atoms with E-state index in [1.165, 1.54) is 19.3 Å². The summed E-state index contributed by atoms with van der Waals surface area (Å²) in [5.41, 5.74) is 0. The Bertz CT molecular complexity index is 287. The van der Waals surface area contributed by atoms with E-state index in [0.29, 0.717) is 25.6 Å². The molecule has 0 aliphatic rings. The van der Waals surface area contributed by atoms with Gasteiger partial charge in [-0.25, -0.2) is 0 Å². The molecule has 0 bridgehead atoms. The van der Waals surface area contributed by atoms with Crippen molar-refractivity contribution in [3.05, 3.63) is 0 Å². The van der Waals surface area contributed by atoms with Gasteiger partial charge in [-0.1, -0.05) is 52.9 Å². The SMILES string of the molecule is CCCCCCCC(CC(=O)OCC(C)C)C(=O)OCC. The first kappa shape index (κ1) is 19.9. The predicted molar refractivity (Wildman–Crippen MR) is 83.9 cm³/mol. The van der Waals surface area contributed by atoms with Crippen LogP contribution in [0.3, 0.4) is 0 Å². The third kappa shape index (κ3) is 11.3. The zero-order valence-electron chi connectivity index (χ0n) is 14.2. The summed E-state index contributed by atoms with van der Waals surface area (Å²) < 4.78 is 10.2. The molecule has 0 aliphatic carbocycles. The van der Waals surface area contributed by atoms with Crippen LogP contribution in [0, 0.1) is 11.8 Å². The molecule has 0 spiro atoms. The Morgan fingerprint density at radius 1 is 0.952 bits per heavy atom. The highest BCUT2D eigenvalue weighted by molar-refractivity contribution is 5.79. The van der Waals surface area contributed by atoms with Gasteiger partial charge in [0.05, 0.1) is 25.6 Å². The molecular weight excluding hydrogens is 268 g/mol. The molecule has 0 aromatic rings. The van der Waals surface area contributed by atoms with E-state index >= 15 is 0 Å². The summed E-state index contributed by atoms with van der Waals surface area (Å²) in [5.74, 6) is -0.611. The van der Waals surface area contributed by atoms with Crippen LogP contribution in [-0.4, -0.2) is 25.2 Å². The van der Waals surface area contributed by atoms with E-state index in [9.17, 15) is 9.59 Å². The Hall–Kier alpha value is -1.06. The van der Waals surface area contributed by atoms with Gasteiger partial charge in [0.1, 0.15) is 0 Å². The lowest BCUT2D eigenvalue weighted by atomic mass is 9.97. The largest absolute Gasteiger partial charge is 0.466 e. The average molecular weight is 300 g/mol. The third-order valence-corrected chi connectivity index (χ3v) is 3.27. The quantitative estimate of drug-likeness (QED) is 0.402. The summed E-state index contributed by atoms with van der Waals surface area (Å²) in [6, 6.07) is 0. The van der Waals surface area contributed by atoms with E-state index in [4.69, 9.17) is 9.47 Å². The normalized spacial score (nSPS) is 12.2. The van der Waals surface area contributed by atoms with Gasteiger partial charge in [0, 0.05) is 0 Å². The fourth-order valence-electron chi connectivity index (χ4n) is 2.08. The highest BCUT2D eigenvalue weighted by atomic mass is 16.5. The molecule has 0 aromatic carbocycles. The van der Waals surface area contributed by atoms with Crippen LogP contribution >= 0.6 is 0 Å². The lowest BCUT2D eigenvalue weighted by Crippen LogP contribution is -2.23. The second kappa shape index (κ2) is 12.7. The Morgan fingerprint density at radius 3 is 2.19 bits per heavy atom. The Labute approximate surface area is 129 Å². The van der Waals surface area contributed by atoms with Gasteiger partial charge in [0.15, 0.2) is 0 Å². The smallest absolute Gasteiger partial charge is 0.309 e. The number of unbranched alkanes of at least 4 members (excludes halogenated alkanes) is 4. The molecule has 124 valence electrons. The van der Waals surface area contributed by atoms with Gasteiger partial charge in [0.25, 0.3) is 0 Å². The standard InChI is InChI=1S/C17H32O4/c1-5-7-8-9-10-11-15(17(19)20-6-2)12-16(18)21-13-14(3)4/h14-15H,5-13H2,1-4H3. The summed E-state index contributed by atoms with van der Waals surface area (Å²) in [7, 11) is 0. The third-order valence-electron chi connectivity index (χ3n) is 3.27. The summed E-state index contributed by atoms with van der Waals surface area (Å²) >= 11 is 0. The number of hydrogen-bond donors (Lipinski definition) is 0. The van der Waals surface area contributed by atoms with E-state index in [0.717, 1.165) is 12.8 Å². The van der Waals surface area contributed by atoms with Crippen LogP contribution in [0.5, 0.6) is 0 Å². The molecule has 0 fully saturated rings. The maximum atomic E-state index is 11.9. The molecule has 1 unspecified atom stereocenters. The molecule has 0 aliphatic heterocycles. The molecule has 1 atom stereocenters. The highest BCUT2D eigenvalue weighted by Crippen LogP contribution is 2.17. The molecule has 21 heavy (non-hydrogen) atoms. The molecule has 0 saturated carbocycles. The van der Waals surface area contributed by atoms with Crippen molar-refractivity contribution in [3.63, 3.8) is 0 Å². The number of esters is 2. The van der Waals surface area contributed by atoms with Gasteiger partial charge in [0.2, 0.25) is 0 Å². The molecule has 0 N–H and O–H groups in total. The van der Waals surface area contributed by atoms with Crippen LogP contribution in [0.4, 0.5) is 0 Å². The van der Waals surface area contributed by atoms with E-state index in [1.54, 1.807) is 6.92 Å². The minimum absolute atomic E-state index is 0.138. The van der Waals surface area contributed by atoms with Crippen molar-refractivity contribution < 1.29 is 19.1 Å². The van der Waals surface area contributed by atoms with E-state index in [-0.39, 0.29) is 24.3 Å². The molecule has 0 rings (SSSR count). The number of hydrogen-bond acceptors (Lipinski definition) is 4. The number of ether oxygens (including phenoxy) is 2. The summed E-state index contributed by atoms with van der Waals surface area (Å²) in [5, 5.41) is 0. The van der Waals surface area contributed by atoms with Gasteiger partial charge < -0.3 is 9.47 Å². The first-order chi connectivity index (χ1) is 10.0. The average Bonchev–Trinajstić information content (AvgIpc) is 2.43. The Kier molecular flexibility index (Phi) is 12.0. The van der Waals surface area contributed by atoms with Crippen molar-refractivity contribution in [2.24, 2.45) is 11.8 Å². The van der Waals surface area contributed by atoms with Crippen LogP contribution in [0.25, 0.3) is 0 Å². The second-order valence-corrected chi connectivity index (χ2v) is 5.93. The van der Waals surface area contributed by atoms with Crippen LogP contribution in [0.2, 0.25) is 0 Å². The van der Waals surface area contributed by atoms with Crippen molar-refractivity contribution in [1.82, 2.24) is 0 Å². The Morgan fingerprint density at radius 2 is 1.62 bits per heavy atom. The van der Waals surface area contributed by atoms with Crippen LogP contribution in [-0.2, 0) is 19.1 Å². The zero-order valence-corrected chi connectivity index (χ0v) is 14.2. The lowest BCUT2D eigenvalue weighted by molar-refractivity contribution is -0.155. The second-order valence-electron chi connectivity index (χ2n) is 5.93. The lowest BCUT2D eigenvalue weighted by Gasteiger charge is -2.15. The number of carbonyl (C=O) groups excluding carboxylic acids is 2. The summed E-state index contributed by atoms with van der Waals surface area (Å²) in [6.07, 6.45) is 6.51. The molecule has 0 aromatic heterocycles. The fourth-order valence-corrected chi connectivity index (χ4v) is 2.08. The first-order valence-corrected chi connectivity index (χ1v) is 8.33. The number of rotatable bonds is 12. The van der Waals surface area contributed by atoms with Crippen LogP contribution in [0.15, 0.2) is 0 Å². The number of carbonyl (C=O) groups is 2. The monoisotopic (exact) mass is 300 g/mol. The molecule has 0 saturated heterocycles. The van der Waals surface area contributed by atoms with Gasteiger partial charge in [-0.15, -0.1) is 0 Å². The maximum Gasteiger partial charge on any atom is 0.309 e. The van der Waals surface area contributed by atoms with Crippen LogP contribution < -0.4 is 0 Å². The van der Waals surface area contributed by atoms with Crippen LogP contribution in [0.1, 0.15) is 72.6 Å². The highest BCUT2D eigenvalue weighted by Gasteiger charge is 2.23. The summed E-state index contributed by atoms with van der Waals surface area (Å²) in [4.78, 5) is 23.7. The molecule has 4 nitrogen and oxygen atoms in total. The van der Waals surface area contributed by atoms with Crippen molar-refractivity contribution in [3.8, 4) is 0 Å². The molecule has 0 heterocycles. The van der Waals surface area contributed by atoms with Crippen molar-refractivity contribution >= 4 is 11.9 Å². The minimum Gasteiger partial charge on any atom is -0.466 e. The minimum atomic E-state index is -0.355. The van der Waals surface area contributed by atoms with Gasteiger partial charge >= 0.3 is 11.9 Å². The maximum absolute atomic E-state index is 11.9. The van der Waals surface area contributed by atoms with Gasteiger partial charge in [-0.2, -0.15) is 0 Å². The van der Waals surface area contributed by atoms with Crippen molar-refractivity contribution in [1.29, 1.82) is 0 Å². The van der Waals surface area contributed by atoms with E-state index in [1.807, 2.05) is 13.8 Å². The molecule has 0 amide bonds. The molecular formula is C17H32O4. The first-order valence-electron chi connectivity index (χ1n) is 8.33. The van der Waals surface area contributed by atoms with Gasteiger partial charge in [-0.05, 0) is 19.3 Å². The predicted octanol–water partition coefficient (Wildman–Crippen LogP) is 4.12. The topological polar surface area (TPSA) is 52.6 Å². The zero-order chi connectivity index (χ0) is 16.1. The Balaban J connectivity index is 4.19. The summed E-state index contributed by atoms with van der Waals surface area (Å²) in [6.45, 7) is 8.70. The van der Waals surface area contributed by atoms with Crippen molar-refractivity contribution in [2.45, 2.75) is 72.6 Å². The molecule has 4 heteroatoms. The fraction of sp³-hybridized carbons (Fsp3) is 0.882. The van der Waals surface area contributed by atoms with E-state index in [2.05, 4.69) is 6.92 Å². The van der Waals surface area contributed by atoms with Gasteiger partial charge in [-0.3, -0.25) is 9.59 Å². The van der Waals surface area contributed by atoms with Crippen molar-refractivity contribution in [2.75, 3.05) is 13.2 Å². The van der Waals surface area contributed by atoms with E-state index < -0.39 is 0 Å².